The molecule has 0 aliphatic heterocycles. The summed E-state index contributed by atoms with van der Waals surface area (Å²) in [6, 6.07) is 5.86. The molecule has 1 rings (SSSR count). The molecule has 0 radical (unpaired) electrons. The molecule has 0 spiro atoms. The van der Waals surface area contributed by atoms with Crippen LogP contribution in [0.25, 0.3) is 0 Å². The summed E-state index contributed by atoms with van der Waals surface area (Å²) < 4.78 is 0. The highest BCUT2D eigenvalue weighted by molar-refractivity contribution is 4.99. The molecule has 0 aromatic carbocycles. The highest BCUT2D eigenvalue weighted by Gasteiger charge is 1.73. The fraction of sp³-hybridized carbons (Fsp3) is 0.444. The van der Waals surface area contributed by atoms with Crippen LogP contribution < -0.4 is 0 Å². The van der Waals surface area contributed by atoms with E-state index in [1.165, 1.54) is 0 Å². The lowest BCUT2D eigenvalue weighted by Gasteiger charge is -1.82. The number of aryl methyl sites for hydroxylation is 1. The Morgan fingerprint density at radius 1 is 1.20 bits per heavy atom. The first-order chi connectivity index (χ1) is 4.39. The molecule has 10 heavy (non-hydrogen) atoms. The van der Waals surface area contributed by atoms with Crippen molar-refractivity contribution in [3.63, 3.8) is 0 Å². The Morgan fingerprint density at radius 2 is 1.80 bits per heavy atom. The highest BCUT2D eigenvalue weighted by Crippen LogP contribution is 1.85. The van der Waals surface area contributed by atoms with Crippen molar-refractivity contribution in [3.8, 4) is 0 Å². The van der Waals surface area contributed by atoms with Gasteiger partial charge in [-0.15, -0.1) is 0 Å². The largest absolute Gasteiger partial charge is 0.262 e. The molecule has 0 N–H and O–H groups in total. The smallest absolute Gasteiger partial charge is 0.0372 e. The molecule has 58 valence electrons. The van der Waals surface area contributed by atoms with Crippen LogP contribution in [0.1, 0.15) is 27.0 Å². The maximum absolute atomic E-state index is 3.98. The lowest BCUT2D eigenvalue weighted by atomic mass is 10.4. The molecule has 0 amide bonds. The van der Waals surface area contributed by atoms with E-state index in [-0.39, 0.29) is 7.43 Å². The van der Waals surface area contributed by atoms with Gasteiger partial charge in [-0.1, -0.05) is 27.3 Å². The molecule has 0 unspecified atom stereocenters. The third-order valence-corrected chi connectivity index (χ3v) is 0.813. The quantitative estimate of drug-likeness (QED) is 0.538. The monoisotopic (exact) mass is 139 g/mol. The zero-order valence-corrected chi connectivity index (χ0v) is 6.26. The van der Waals surface area contributed by atoms with E-state index in [2.05, 4.69) is 4.98 Å². The van der Waals surface area contributed by atoms with Crippen LogP contribution in [0.15, 0.2) is 24.4 Å². The van der Waals surface area contributed by atoms with Crippen LogP contribution in [-0.4, -0.2) is 4.98 Å². The molecule has 0 bridgehead atoms. The number of nitrogens with zero attached hydrogens (tertiary/aromatic N) is 1. The van der Waals surface area contributed by atoms with Gasteiger partial charge in [-0.25, -0.2) is 0 Å². The van der Waals surface area contributed by atoms with Crippen LogP contribution in [0.3, 0.4) is 0 Å². The molecule has 0 aliphatic rings. The van der Waals surface area contributed by atoms with Gasteiger partial charge in [0.2, 0.25) is 0 Å². The fourth-order valence-electron chi connectivity index (χ4n) is 0.448. The normalized spacial score (nSPS) is 6.70. The number of aromatic nitrogens is 1. The predicted molar refractivity (Wildman–Crippen MR) is 47.1 cm³/mol. The van der Waals surface area contributed by atoms with E-state index in [9.17, 15) is 0 Å². The van der Waals surface area contributed by atoms with Crippen LogP contribution in [0.5, 0.6) is 0 Å². The molecule has 0 aliphatic carbocycles. The van der Waals surface area contributed by atoms with Crippen molar-refractivity contribution in [2.75, 3.05) is 0 Å². The van der Waals surface area contributed by atoms with E-state index >= 15 is 0 Å². The second-order valence-electron chi connectivity index (χ2n) is 1.47. The van der Waals surface area contributed by atoms with Gasteiger partial charge in [0, 0.05) is 11.9 Å². The molecule has 1 heterocycles. The van der Waals surface area contributed by atoms with Crippen molar-refractivity contribution in [1.82, 2.24) is 4.98 Å². The third-order valence-electron chi connectivity index (χ3n) is 0.813. The van der Waals surface area contributed by atoms with E-state index in [1.807, 2.05) is 39.0 Å². The minimum atomic E-state index is 0. The van der Waals surface area contributed by atoms with Crippen molar-refractivity contribution in [1.29, 1.82) is 0 Å². The Balaban J connectivity index is 0. The number of pyridine rings is 1. The van der Waals surface area contributed by atoms with Crippen molar-refractivity contribution in [3.05, 3.63) is 30.1 Å². The minimum Gasteiger partial charge on any atom is -0.262 e. The molecule has 0 saturated heterocycles. The molecule has 1 nitrogen and oxygen atoms in total. The lowest BCUT2D eigenvalue weighted by Crippen LogP contribution is -1.72. The SMILES string of the molecule is C.CC.Cc1ccccn1. The molecular formula is C9H17N. The topological polar surface area (TPSA) is 12.9 Å². The summed E-state index contributed by atoms with van der Waals surface area (Å²) in [5.74, 6) is 0. The van der Waals surface area contributed by atoms with Crippen molar-refractivity contribution < 1.29 is 0 Å². The molecule has 0 fully saturated rings. The Bertz CT molecular complexity index is 135. The van der Waals surface area contributed by atoms with Gasteiger partial charge in [0.05, 0.1) is 0 Å². The van der Waals surface area contributed by atoms with Gasteiger partial charge in [-0.2, -0.15) is 0 Å². The maximum atomic E-state index is 3.98. The minimum absolute atomic E-state index is 0. The predicted octanol–water partition coefficient (Wildman–Crippen LogP) is 3.05. The molecule has 1 heteroatoms. The van der Waals surface area contributed by atoms with Crippen LogP contribution in [0.2, 0.25) is 0 Å². The molecule has 0 atom stereocenters. The van der Waals surface area contributed by atoms with Crippen molar-refractivity contribution in [2.24, 2.45) is 0 Å². The molecular weight excluding hydrogens is 122 g/mol. The Hall–Kier alpha value is -0.850. The zero-order valence-electron chi connectivity index (χ0n) is 6.26. The van der Waals surface area contributed by atoms with Crippen molar-refractivity contribution >= 4 is 0 Å². The summed E-state index contributed by atoms with van der Waals surface area (Å²) >= 11 is 0. The number of hydrogen-bond donors (Lipinski definition) is 0. The van der Waals surface area contributed by atoms with E-state index in [1.54, 1.807) is 6.20 Å². The summed E-state index contributed by atoms with van der Waals surface area (Å²) in [5.41, 5.74) is 1.07. The third kappa shape index (κ3) is 5.29. The lowest BCUT2D eigenvalue weighted by molar-refractivity contribution is 1.20. The molecule has 1 aromatic heterocycles. The summed E-state index contributed by atoms with van der Waals surface area (Å²) in [6.07, 6.45) is 1.79. The second-order valence-corrected chi connectivity index (χ2v) is 1.47. The number of hydrogen-bond acceptors (Lipinski definition) is 1. The average molecular weight is 139 g/mol. The van der Waals surface area contributed by atoms with E-state index < -0.39 is 0 Å². The van der Waals surface area contributed by atoms with Crippen LogP contribution >= 0.6 is 0 Å². The summed E-state index contributed by atoms with van der Waals surface area (Å²) in [4.78, 5) is 3.98. The zero-order chi connectivity index (χ0) is 7.11. The van der Waals surface area contributed by atoms with Crippen LogP contribution in [0, 0.1) is 6.92 Å². The molecule has 1 aromatic rings. The fourth-order valence-corrected chi connectivity index (χ4v) is 0.448. The van der Waals surface area contributed by atoms with Gasteiger partial charge < -0.3 is 0 Å². The Kier molecular flexibility index (Phi) is 9.69. The van der Waals surface area contributed by atoms with E-state index in [4.69, 9.17) is 0 Å². The first-order valence-electron chi connectivity index (χ1n) is 3.27. The van der Waals surface area contributed by atoms with Crippen LogP contribution in [-0.2, 0) is 0 Å². The molecule has 0 saturated carbocycles. The highest BCUT2D eigenvalue weighted by atomic mass is 14.6. The van der Waals surface area contributed by atoms with Crippen molar-refractivity contribution in [2.45, 2.75) is 28.2 Å². The van der Waals surface area contributed by atoms with Gasteiger partial charge in [0.1, 0.15) is 0 Å². The van der Waals surface area contributed by atoms with Crippen LogP contribution in [0.4, 0.5) is 0 Å². The van der Waals surface area contributed by atoms with Gasteiger partial charge >= 0.3 is 0 Å². The maximum Gasteiger partial charge on any atom is 0.0372 e. The summed E-state index contributed by atoms with van der Waals surface area (Å²) in [6.45, 7) is 5.97. The van der Waals surface area contributed by atoms with Gasteiger partial charge in [-0.3, -0.25) is 4.98 Å². The Labute approximate surface area is 64.1 Å². The van der Waals surface area contributed by atoms with Gasteiger partial charge in [-0.05, 0) is 19.1 Å². The van der Waals surface area contributed by atoms with E-state index in [0.29, 0.717) is 0 Å². The summed E-state index contributed by atoms with van der Waals surface area (Å²) in [7, 11) is 0. The average Bonchev–Trinajstić information content (AvgIpc) is 1.94. The van der Waals surface area contributed by atoms with Gasteiger partial charge in [0.25, 0.3) is 0 Å². The first-order valence-corrected chi connectivity index (χ1v) is 3.27. The standard InChI is InChI=1S/C6H7N.C2H6.CH4/c1-6-4-2-3-5-7-6;1-2;/h2-5H,1H3;1-2H3;1H4. The van der Waals surface area contributed by atoms with E-state index in [0.717, 1.165) is 5.69 Å². The second kappa shape index (κ2) is 8.15. The number of rotatable bonds is 0. The summed E-state index contributed by atoms with van der Waals surface area (Å²) in [5, 5.41) is 0. The first kappa shape index (κ1) is 11.9. The van der Waals surface area contributed by atoms with Gasteiger partial charge in [0.15, 0.2) is 0 Å². The Morgan fingerprint density at radius 3 is 2.00 bits per heavy atom.